The fourth-order valence-electron chi connectivity index (χ4n) is 2.74. The Balaban J connectivity index is 2.09. The van der Waals surface area contributed by atoms with E-state index in [0.717, 1.165) is 13.0 Å². The van der Waals surface area contributed by atoms with Crippen molar-refractivity contribution in [1.29, 1.82) is 0 Å². The molecule has 2 heteroatoms. The Bertz CT molecular complexity index is 577. The summed E-state index contributed by atoms with van der Waals surface area (Å²) in [6, 6.07) is 14.4. The summed E-state index contributed by atoms with van der Waals surface area (Å²) < 4.78 is 0. The Hall–Kier alpha value is -1.80. The maximum absolute atomic E-state index is 9.58. The number of aryl methyl sites for hydroxylation is 1. The predicted molar refractivity (Wildman–Crippen MR) is 72.8 cm³/mol. The minimum Gasteiger partial charge on any atom is -0.508 e. The van der Waals surface area contributed by atoms with E-state index in [1.54, 1.807) is 6.07 Å². The molecule has 2 aromatic carbocycles. The van der Waals surface area contributed by atoms with Crippen LogP contribution in [0.1, 0.15) is 28.3 Å². The number of benzene rings is 2. The number of aromatic hydroxyl groups is 1. The zero-order chi connectivity index (χ0) is 12.5. The first-order chi connectivity index (χ1) is 8.75. The molecule has 1 aliphatic rings. The van der Waals surface area contributed by atoms with E-state index in [1.807, 2.05) is 12.1 Å². The Morgan fingerprint density at radius 2 is 1.94 bits per heavy atom. The van der Waals surface area contributed by atoms with E-state index in [0.29, 0.717) is 5.75 Å². The first kappa shape index (κ1) is 11.3. The fourth-order valence-corrected chi connectivity index (χ4v) is 2.74. The fraction of sp³-hybridized carbons (Fsp3) is 0.250. The lowest BCUT2D eigenvalue weighted by Crippen LogP contribution is -2.30. The van der Waals surface area contributed by atoms with Crippen LogP contribution in [-0.4, -0.2) is 11.7 Å². The van der Waals surface area contributed by atoms with Gasteiger partial charge in [-0.3, -0.25) is 0 Å². The minimum absolute atomic E-state index is 0.246. The number of hydrogen-bond donors (Lipinski definition) is 2. The third kappa shape index (κ3) is 1.89. The summed E-state index contributed by atoms with van der Waals surface area (Å²) >= 11 is 0. The number of fused-ring (bicyclic) bond motifs is 1. The van der Waals surface area contributed by atoms with Gasteiger partial charge < -0.3 is 10.4 Å². The molecule has 2 aromatic rings. The highest BCUT2D eigenvalue weighted by Gasteiger charge is 2.22. The van der Waals surface area contributed by atoms with Gasteiger partial charge in [0.1, 0.15) is 5.75 Å². The van der Waals surface area contributed by atoms with E-state index in [-0.39, 0.29) is 6.04 Å². The van der Waals surface area contributed by atoms with Crippen molar-refractivity contribution in [2.24, 2.45) is 0 Å². The van der Waals surface area contributed by atoms with Crippen LogP contribution in [0.15, 0.2) is 42.5 Å². The molecular formula is C16H17NO. The molecule has 0 fully saturated rings. The van der Waals surface area contributed by atoms with Gasteiger partial charge in [-0.25, -0.2) is 0 Å². The average molecular weight is 239 g/mol. The molecule has 1 unspecified atom stereocenters. The van der Waals surface area contributed by atoms with Crippen molar-refractivity contribution in [2.75, 3.05) is 6.54 Å². The summed E-state index contributed by atoms with van der Waals surface area (Å²) in [6.45, 7) is 3.10. The van der Waals surface area contributed by atoms with Gasteiger partial charge in [-0.05, 0) is 47.7 Å². The maximum atomic E-state index is 9.58. The summed E-state index contributed by atoms with van der Waals surface area (Å²) in [5.41, 5.74) is 5.16. The van der Waals surface area contributed by atoms with Gasteiger partial charge in [0.05, 0.1) is 6.04 Å². The van der Waals surface area contributed by atoms with Crippen LogP contribution >= 0.6 is 0 Å². The molecule has 0 aliphatic carbocycles. The van der Waals surface area contributed by atoms with E-state index in [4.69, 9.17) is 0 Å². The predicted octanol–water partition coefficient (Wildman–Crippen LogP) is 2.94. The highest BCUT2D eigenvalue weighted by Crippen LogP contribution is 2.32. The Morgan fingerprint density at radius 1 is 1.11 bits per heavy atom. The molecule has 2 N–H and O–H groups in total. The van der Waals surface area contributed by atoms with E-state index in [1.165, 1.54) is 22.3 Å². The molecule has 0 spiro atoms. The highest BCUT2D eigenvalue weighted by atomic mass is 16.3. The first-order valence-corrected chi connectivity index (χ1v) is 6.36. The van der Waals surface area contributed by atoms with Crippen molar-refractivity contribution in [3.63, 3.8) is 0 Å². The minimum atomic E-state index is 0.246. The molecule has 92 valence electrons. The van der Waals surface area contributed by atoms with Crippen molar-refractivity contribution >= 4 is 0 Å². The second kappa shape index (κ2) is 4.46. The smallest absolute Gasteiger partial charge is 0.115 e. The molecule has 18 heavy (non-hydrogen) atoms. The van der Waals surface area contributed by atoms with Crippen LogP contribution in [0.4, 0.5) is 0 Å². The lowest BCUT2D eigenvalue weighted by Gasteiger charge is -2.28. The van der Waals surface area contributed by atoms with Gasteiger partial charge in [0.15, 0.2) is 0 Å². The van der Waals surface area contributed by atoms with Gasteiger partial charge in [-0.15, -0.1) is 0 Å². The van der Waals surface area contributed by atoms with E-state index < -0.39 is 0 Å². The number of phenols is 1. The Kier molecular flexibility index (Phi) is 2.80. The molecule has 0 saturated heterocycles. The van der Waals surface area contributed by atoms with E-state index >= 15 is 0 Å². The Labute approximate surface area is 107 Å². The summed E-state index contributed by atoms with van der Waals surface area (Å²) in [5, 5.41) is 13.1. The summed E-state index contributed by atoms with van der Waals surface area (Å²) in [5.74, 6) is 0.360. The van der Waals surface area contributed by atoms with Crippen LogP contribution in [0.25, 0.3) is 0 Å². The van der Waals surface area contributed by atoms with E-state index in [2.05, 4.69) is 36.5 Å². The Morgan fingerprint density at radius 3 is 2.78 bits per heavy atom. The monoisotopic (exact) mass is 239 g/mol. The number of rotatable bonds is 1. The van der Waals surface area contributed by atoms with Crippen molar-refractivity contribution in [3.05, 3.63) is 64.7 Å². The molecule has 3 rings (SSSR count). The third-order valence-electron chi connectivity index (χ3n) is 3.68. The summed E-state index contributed by atoms with van der Waals surface area (Å²) in [4.78, 5) is 0. The van der Waals surface area contributed by atoms with Gasteiger partial charge in [-0.1, -0.05) is 30.3 Å². The standard InChI is InChI=1S/C16H17NO/c1-11-4-2-3-5-14(11)16-15-7-6-13(18)10-12(15)8-9-17-16/h2-7,10,16-18H,8-9H2,1H3. The number of nitrogens with one attached hydrogen (secondary N) is 1. The van der Waals surface area contributed by atoms with Crippen LogP contribution in [0.2, 0.25) is 0 Å². The zero-order valence-electron chi connectivity index (χ0n) is 10.5. The van der Waals surface area contributed by atoms with Crippen molar-refractivity contribution in [3.8, 4) is 5.75 Å². The van der Waals surface area contributed by atoms with Crippen LogP contribution in [0.5, 0.6) is 5.75 Å². The molecule has 0 bridgehead atoms. The zero-order valence-corrected chi connectivity index (χ0v) is 10.5. The highest BCUT2D eigenvalue weighted by molar-refractivity contribution is 5.45. The first-order valence-electron chi connectivity index (χ1n) is 6.36. The molecule has 2 nitrogen and oxygen atoms in total. The molecule has 0 radical (unpaired) electrons. The summed E-state index contributed by atoms with van der Waals surface area (Å²) in [6.07, 6.45) is 0.978. The molecule has 1 atom stereocenters. The average Bonchev–Trinajstić information content (AvgIpc) is 2.38. The topological polar surface area (TPSA) is 32.3 Å². The second-order valence-corrected chi connectivity index (χ2v) is 4.88. The van der Waals surface area contributed by atoms with Crippen LogP contribution in [-0.2, 0) is 6.42 Å². The van der Waals surface area contributed by atoms with Gasteiger partial charge >= 0.3 is 0 Å². The number of hydrogen-bond acceptors (Lipinski definition) is 2. The van der Waals surface area contributed by atoms with Crippen molar-refractivity contribution in [2.45, 2.75) is 19.4 Å². The molecule has 0 aromatic heterocycles. The van der Waals surface area contributed by atoms with Crippen molar-refractivity contribution in [1.82, 2.24) is 5.32 Å². The van der Waals surface area contributed by atoms with E-state index in [9.17, 15) is 5.11 Å². The molecular weight excluding hydrogens is 222 g/mol. The van der Waals surface area contributed by atoms with Crippen LogP contribution in [0, 0.1) is 6.92 Å². The molecule has 0 saturated carbocycles. The SMILES string of the molecule is Cc1ccccc1C1NCCc2cc(O)ccc21. The largest absolute Gasteiger partial charge is 0.508 e. The van der Waals surface area contributed by atoms with Gasteiger partial charge in [-0.2, -0.15) is 0 Å². The lowest BCUT2D eigenvalue weighted by atomic mass is 9.88. The number of phenolic OH excluding ortho intramolecular Hbond substituents is 1. The second-order valence-electron chi connectivity index (χ2n) is 4.88. The lowest BCUT2D eigenvalue weighted by molar-refractivity contribution is 0.471. The molecule has 0 amide bonds. The third-order valence-corrected chi connectivity index (χ3v) is 3.68. The van der Waals surface area contributed by atoms with Crippen LogP contribution in [0.3, 0.4) is 0 Å². The maximum Gasteiger partial charge on any atom is 0.115 e. The summed E-state index contributed by atoms with van der Waals surface area (Å²) in [7, 11) is 0. The van der Waals surface area contributed by atoms with Gasteiger partial charge in [0.2, 0.25) is 0 Å². The molecule has 1 heterocycles. The van der Waals surface area contributed by atoms with Crippen LogP contribution < -0.4 is 5.32 Å². The molecule has 1 aliphatic heterocycles. The van der Waals surface area contributed by atoms with Gasteiger partial charge in [0, 0.05) is 6.54 Å². The van der Waals surface area contributed by atoms with Gasteiger partial charge in [0.25, 0.3) is 0 Å². The quantitative estimate of drug-likeness (QED) is 0.802. The van der Waals surface area contributed by atoms with Crippen molar-refractivity contribution < 1.29 is 5.11 Å². The normalized spacial score (nSPS) is 18.4.